The Morgan fingerprint density at radius 2 is 1.59 bits per heavy atom. The van der Waals surface area contributed by atoms with Crippen molar-refractivity contribution < 1.29 is 14.3 Å². The molecule has 0 bridgehead atoms. The van der Waals surface area contributed by atoms with E-state index in [1.807, 2.05) is 13.0 Å². The third-order valence-electron chi connectivity index (χ3n) is 3.50. The molecule has 0 aromatic carbocycles. The highest BCUT2D eigenvalue weighted by Gasteiger charge is 2.06. The Hall–Kier alpha value is -1.09. The van der Waals surface area contributed by atoms with Gasteiger partial charge in [-0.15, -0.1) is 0 Å². The highest BCUT2D eigenvalue weighted by atomic mass is 16.5. The second-order valence-electron chi connectivity index (χ2n) is 5.76. The Labute approximate surface area is 136 Å². The minimum Gasteiger partial charge on any atom is -0.428 e. The van der Waals surface area contributed by atoms with Crippen LogP contribution in [0.25, 0.3) is 0 Å². The van der Waals surface area contributed by atoms with Crippen LogP contribution in [-0.4, -0.2) is 19.2 Å². The summed E-state index contributed by atoms with van der Waals surface area (Å²) in [6.07, 6.45) is 12.2. The number of carbonyl (C=O) groups excluding carboxylic acids is 1. The molecule has 0 heterocycles. The van der Waals surface area contributed by atoms with Crippen LogP contribution in [0.2, 0.25) is 0 Å². The lowest BCUT2D eigenvalue weighted by atomic mass is 10.1. The molecule has 0 aromatic heterocycles. The van der Waals surface area contributed by atoms with Crippen molar-refractivity contribution in [1.29, 1.82) is 0 Å². The maximum atomic E-state index is 11.4. The quantitative estimate of drug-likeness (QED) is 0.182. The van der Waals surface area contributed by atoms with Crippen LogP contribution in [-0.2, 0) is 14.3 Å². The molecule has 0 aliphatic rings. The molecule has 0 aromatic rings. The van der Waals surface area contributed by atoms with Crippen molar-refractivity contribution >= 4 is 5.97 Å². The first kappa shape index (κ1) is 20.9. The smallest absolute Gasteiger partial charge is 0.338 e. The molecule has 0 fully saturated rings. The van der Waals surface area contributed by atoms with Crippen LogP contribution in [0.15, 0.2) is 24.0 Å². The van der Waals surface area contributed by atoms with Gasteiger partial charge in [0.25, 0.3) is 0 Å². The van der Waals surface area contributed by atoms with Gasteiger partial charge in [-0.25, -0.2) is 4.79 Å². The van der Waals surface area contributed by atoms with E-state index < -0.39 is 0 Å². The number of hydrogen-bond donors (Lipinski definition) is 0. The largest absolute Gasteiger partial charge is 0.428 e. The van der Waals surface area contributed by atoms with Crippen LogP contribution < -0.4 is 0 Å². The van der Waals surface area contributed by atoms with Gasteiger partial charge in [-0.3, -0.25) is 0 Å². The summed E-state index contributed by atoms with van der Waals surface area (Å²) in [5.41, 5.74) is 0.445. The molecule has 0 atom stereocenters. The van der Waals surface area contributed by atoms with Gasteiger partial charge < -0.3 is 9.47 Å². The van der Waals surface area contributed by atoms with Crippen LogP contribution in [0.1, 0.15) is 78.6 Å². The van der Waals surface area contributed by atoms with Crippen molar-refractivity contribution in [2.75, 3.05) is 13.2 Å². The number of esters is 1. The fraction of sp³-hybridized carbons (Fsp3) is 0.737. The predicted octanol–water partition coefficient (Wildman–Crippen LogP) is 5.56. The first-order chi connectivity index (χ1) is 10.6. The van der Waals surface area contributed by atoms with E-state index in [-0.39, 0.29) is 5.97 Å². The van der Waals surface area contributed by atoms with Gasteiger partial charge in [0.15, 0.2) is 0 Å². The molecular formula is C19H34O3. The molecule has 0 rings (SSSR count). The first-order valence-electron chi connectivity index (χ1n) is 8.72. The summed E-state index contributed by atoms with van der Waals surface area (Å²) in [7, 11) is 0. The zero-order valence-corrected chi connectivity index (χ0v) is 14.8. The Morgan fingerprint density at radius 3 is 2.18 bits per heavy atom. The molecule has 0 N–H and O–H groups in total. The Kier molecular flexibility index (Phi) is 14.1. The first-order valence-corrected chi connectivity index (χ1v) is 8.72. The average molecular weight is 310 g/mol. The maximum Gasteiger partial charge on any atom is 0.338 e. The van der Waals surface area contributed by atoms with E-state index in [1.54, 1.807) is 6.92 Å². The maximum absolute atomic E-state index is 11.4. The molecule has 0 radical (unpaired) electrons. The predicted molar refractivity (Wildman–Crippen MR) is 92.7 cm³/mol. The van der Waals surface area contributed by atoms with E-state index >= 15 is 0 Å². The summed E-state index contributed by atoms with van der Waals surface area (Å²) in [6.45, 7) is 11.2. The second kappa shape index (κ2) is 14.8. The number of allylic oxidation sites excluding steroid dienone is 2. The van der Waals surface area contributed by atoms with Gasteiger partial charge in [0, 0.05) is 25.2 Å². The fourth-order valence-electron chi connectivity index (χ4n) is 2.02. The summed E-state index contributed by atoms with van der Waals surface area (Å²) in [4.78, 5) is 11.4. The summed E-state index contributed by atoms with van der Waals surface area (Å²) in [5, 5.41) is 0. The average Bonchev–Trinajstić information content (AvgIpc) is 2.51. The molecule has 22 heavy (non-hydrogen) atoms. The molecule has 0 saturated heterocycles. The molecule has 3 heteroatoms. The Morgan fingerprint density at radius 1 is 1.00 bits per heavy atom. The molecule has 0 amide bonds. The lowest BCUT2D eigenvalue weighted by Crippen LogP contribution is -2.04. The lowest BCUT2D eigenvalue weighted by Gasteiger charge is -2.08. The summed E-state index contributed by atoms with van der Waals surface area (Å²) >= 11 is 0. The van der Waals surface area contributed by atoms with Crippen molar-refractivity contribution in [1.82, 2.24) is 0 Å². The number of rotatable bonds is 14. The van der Waals surface area contributed by atoms with Crippen molar-refractivity contribution in [2.45, 2.75) is 78.6 Å². The van der Waals surface area contributed by atoms with Gasteiger partial charge >= 0.3 is 5.97 Å². The van der Waals surface area contributed by atoms with E-state index in [1.165, 1.54) is 44.9 Å². The highest BCUT2D eigenvalue weighted by Crippen LogP contribution is 2.14. The number of ether oxygens (including phenoxy) is 2. The molecule has 0 aliphatic heterocycles. The highest BCUT2D eigenvalue weighted by molar-refractivity contribution is 5.87. The molecule has 0 aliphatic carbocycles. The van der Waals surface area contributed by atoms with Gasteiger partial charge in [-0.1, -0.05) is 45.6 Å². The minimum atomic E-state index is -0.323. The number of hydrogen-bond acceptors (Lipinski definition) is 3. The van der Waals surface area contributed by atoms with Gasteiger partial charge in [-0.05, 0) is 39.2 Å². The summed E-state index contributed by atoms with van der Waals surface area (Å²) in [6, 6.07) is 0. The molecule has 0 saturated carbocycles. The van der Waals surface area contributed by atoms with Gasteiger partial charge in [0.2, 0.25) is 0 Å². The molecule has 0 unspecified atom stereocenters. The van der Waals surface area contributed by atoms with Crippen LogP contribution in [0.5, 0.6) is 0 Å². The van der Waals surface area contributed by atoms with Crippen LogP contribution in [0, 0.1) is 0 Å². The van der Waals surface area contributed by atoms with Crippen molar-refractivity contribution in [3.8, 4) is 0 Å². The topological polar surface area (TPSA) is 35.5 Å². The second-order valence-corrected chi connectivity index (χ2v) is 5.76. The van der Waals surface area contributed by atoms with Crippen LogP contribution in [0.4, 0.5) is 0 Å². The summed E-state index contributed by atoms with van der Waals surface area (Å²) in [5.74, 6) is 0.438. The van der Waals surface area contributed by atoms with E-state index in [4.69, 9.17) is 9.47 Å². The van der Waals surface area contributed by atoms with E-state index in [2.05, 4.69) is 13.5 Å². The third kappa shape index (κ3) is 12.6. The van der Waals surface area contributed by atoms with Crippen LogP contribution in [0.3, 0.4) is 0 Å². The Balaban J connectivity index is 3.44. The normalized spacial score (nSPS) is 11.5. The zero-order valence-electron chi connectivity index (χ0n) is 14.8. The van der Waals surface area contributed by atoms with Gasteiger partial charge in [-0.2, -0.15) is 0 Å². The zero-order chi connectivity index (χ0) is 16.6. The monoisotopic (exact) mass is 310 g/mol. The third-order valence-corrected chi connectivity index (χ3v) is 3.50. The van der Waals surface area contributed by atoms with Gasteiger partial charge in [0.1, 0.15) is 5.76 Å². The van der Waals surface area contributed by atoms with Crippen molar-refractivity contribution in [3.63, 3.8) is 0 Å². The lowest BCUT2D eigenvalue weighted by molar-refractivity contribution is -0.135. The molecule has 0 spiro atoms. The Bertz CT molecular complexity index is 332. The minimum absolute atomic E-state index is 0.323. The molecular weight excluding hydrogens is 276 g/mol. The number of carbonyl (C=O) groups is 1. The molecule has 3 nitrogen and oxygen atoms in total. The van der Waals surface area contributed by atoms with E-state index in [0.717, 1.165) is 31.8 Å². The SMILES string of the molecule is C=C(C)C(=O)O/C(=C\C)CCCCCCCCOCCCC. The van der Waals surface area contributed by atoms with Gasteiger partial charge in [0.05, 0.1) is 0 Å². The standard InChI is InChI=1S/C19H34O3/c1-5-7-15-21-16-13-11-9-8-10-12-14-18(6-2)22-19(20)17(3)4/h6H,3,5,7-16H2,1-2,4H3/b18-6-. The van der Waals surface area contributed by atoms with E-state index in [0.29, 0.717) is 5.57 Å². The van der Waals surface area contributed by atoms with Crippen molar-refractivity contribution in [2.24, 2.45) is 0 Å². The molecule has 128 valence electrons. The van der Waals surface area contributed by atoms with Crippen molar-refractivity contribution in [3.05, 3.63) is 24.0 Å². The van der Waals surface area contributed by atoms with E-state index in [9.17, 15) is 4.79 Å². The van der Waals surface area contributed by atoms with Crippen LogP contribution >= 0.6 is 0 Å². The number of unbranched alkanes of at least 4 members (excludes halogenated alkanes) is 6. The fourth-order valence-corrected chi connectivity index (χ4v) is 2.02. The summed E-state index contributed by atoms with van der Waals surface area (Å²) < 4.78 is 10.8.